The maximum Gasteiger partial charge on any atom is 0.269 e. The molecule has 1 unspecified atom stereocenters. The second-order valence-corrected chi connectivity index (χ2v) is 34.2. The van der Waals surface area contributed by atoms with Crippen LogP contribution in [0.1, 0.15) is 126 Å². The first-order valence-corrected chi connectivity index (χ1v) is 46.5. The van der Waals surface area contributed by atoms with Crippen LogP contribution in [0.2, 0.25) is 0 Å². The van der Waals surface area contributed by atoms with Crippen LogP contribution in [0.3, 0.4) is 0 Å². The summed E-state index contributed by atoms with van der Waals surface area (Å²) >= 11 is 0. The smallest absolute Gasteiger partial charge is 0.269 e. The van der Waals surface area contributed by atoms with Crippen LogP contribution >= 0.6 is 0 Å². The molecule has 2 saturated carbocycles. The van der Waals surface area contributed by atoms with E-state index in [9.17, 15) is 23.8 Å². The van der Waals surface area contributed by atoms with E-state index in [4.69, 9.17) is 33.7 Å². The molecule has 0 aliphatic heterocycles. The number of nitrogens with one attached hydrogen (secondary N) is 5. The number of nitrogens with zero attached hydrogens (tertiary/aromatic N) is 32. The van der Waals surface area contributed by atoms with Gasteiger partial charge in [0.25, 0.3) is 5.91 Å². The molecule has 47 nitrogen and oxygen atoms in total. The van der Waals surface area contributed by atoms with E-state index in [-0.39, 0.29) is 12.2 Å². The number of aliphatic hydroxyl groups excluding tert-OH is 1. The van der Waals surface area contributed by atoms with Gasteiger partial charge < -0.3 is 70.5 Å². The number of ether oxygens (including phenoxy) is 4. The number of methoxy groups -OCH3 is 4. The van der Waals surface area contributed by atoms with Crippen LogP contribution in [0.5, 0.6) is 23.0 Å². The Hall–Kier alpha value is -19.4. The Kier molecular flexibility index (Phi) is 26.7. The molecule has 0 bridgehead atoms. The number of halogens is 2. The van der Waals surface area contributed by atoms with Gasteiger partial charge in [0.1, 0.15) is 102 Å². The van der Waals surface area contributed by atoms with Gasteiger partial charge >= 0.3 is 0 Å². The van der Waals surface area contributed by atoms with Gasteiger partial charge in [-0.05, 0) is 149 Å². The molecule has 2 aliphatic rings. The number of aryl methyl sites for hydroxylation is 1. The highest BCUT2D eigenvalue weighted by molar-refractivity contribution is 5.93. The van der Waals surface area contributed by atoms with Gasteiger partial charge in [0.05, 0.1) is 165 Å². The standard InChI is InChI=1S/C26H23F2N7O.C21H18N8O2.C19H16N8O2.C17H17N7O2.C16H14N8O2/c27-18-10-16(11-19(28)13-18)20-4-5-23-32-33-24(35(23)34-20)15-30-21-6-9-29-22-12-17(14-31-25(21)22)26(36)7-2-1-3-8-26;1-30-13-8-17-21(24-10-13)15(6-7-22-17)23-11-20-26-25-19-5-4-14(27-29(19)20)16-9-18(31-28-16)12-2-3-12;1-11-7-15(26-29-11)13-3-4-17-23-24-18(27(17)25-13)10-21-14-5-6-20-16-8-12(28-2)9-22-19(14)16;1-10(25)12-3-4-15-21-22-16(24(15)23-12)9-19-13-5-6-18-14-7-11(26-2)8-20-17(13)14;1-26-9-6-12-15(20-7-9)10(4-5-18-12)19-8-14-22-21-13-3-2-11(16(17)25)23-24(13)14/h4-6,9-14,36H,1-3,7-8,15H2,(H,29,30);4-10,12H,2-3,11H2,1H3,(H,22,23);3-9H,10H2,1-2H3,(H,20,21);3-8,10,25H,9H2,1-2H3,(H,18,19);2-7H,8H2,1H3,(H2,17,25)(H,18,19). The van der Waals surface area contributed by atoms with Crippen LogP contribution in [0.4, 0.5) is 37.2 Å². The molecule has 742 valence electrons. The van der Waals surface area contributed by atoms with Crippen molar-refractivity contribution < 1.29 is 51.8 Å². The molecule has 2 aliphatic carbocycles. The van der Waals surface area contributed by atoms with Crippen molar-refractivity contribution in [2.75, 3.05) is 55.0 Å². The van der Waals surface area contributed by atoms with Crippen LogP contribution in [0.15, 0.2) is 223 Å². The Morgan fingerprint density at radius 3 is 1.14 bits per heavy atom. The van der Waals surface area contributed by atoms with Gasteiger partial charge in [-0.1, -0.05) is 29.6 Å². The van der Waals surface area contributed by atoms with E-state index in [1.165, 1.54) is 22.7 Å². The van der Waals surface area contributed by atoms with E-state index in [0.29, 0.717) is 169 Å². The summed E-state index contributed by atoms with van der Waals surface area (Å²) < 4.78 is 66.8. The van der Waals surface area contributed by atoms with Gasteiger partial charge in [-0.2, -0.15) is 48.1 Å². The van der Waals surface area contributed by atoms with Gasteiger partial charge in [0.2, 0.25) is 0 Å². The topological polar surface area (TPSA) is 577 Å². The summed E-state index contributed by atoms with van der Waals surface area (Å²) in [5.74, 6) is 5.79. The number of benzene rings is 1. The predicted molar refractivity (Wildman–Crippen MR) is 534 cm³/mol. The molecule has 2 fully saturated rings. The van der Waals surface area contributed by atoms with Crippen molar-refractivity contribution in [1.82, 2.24) is 159 Å². The van der Waals surface area contributed by atoms with Crippen molar-refractivity contribution in [2.24, 2.45) is 5.73 Å². The van der Waals surface area contributed by atoms with E-state index < -0.39 is 29.2 Å². The van der Waals surface area contributed by atoms with Crippen LogP contribution < -0.4 is 51.3 Å². The summed E-state index contributed by atoms with van der Waals surface area (Å²) in [5, 5.41) is 110. The summed E-state index contributed by atoms with van der Waals surface area (Å²) in [7, 11) is 6.38. The molecule has 0 spiro atoms. The number of aliphatic hydroxyl groups is 2. The van der Waals surface area contributed by atoms with Gasteiger partial charge in [-0.25, -0.2) is 28.7 Å². The number of nitrogens with two attached hydrogens (primary N) is 1. The Morgan fingerprint density at radius 2 is 0.757 bits per heavy atom. The molecule has 22 aromatic heterocycles. The molecule has 49 heteroatoms. The fourth-order valence-electron chi connectivity index (χ4n) is 16.5. The molecule has 0 saturated heterocycles. The summed E-state index contributed by atoms with van der Waals surface area (Å²) in [6.07, 6.45) is 23.1. The minimum atomic E-state index is -0.848. The van der Waals surface area contributed by atoms with E-state index in [2.05, 4.69) is 163 Å². The third kappa shape index (κ3) is 20.6. The fraction of sp³-hybridized carbons (Fsp3) is 0.212. The molecule has 148 heavy (non-hydrogen) atoms. The zero-order valence-electron chi connectivity index (χ0n) is 79.7. The van der Waals surface area contributed by atoms with Crippen LogP contribution in [-0.2, 0) is 38.3 Å². The minimum absolute atomic E-state index is 0.140. The quantitative estimate of drug-likeness (QED) is 0.0250. The zero-order chi connectivity index (χ0) is 101. The Labute approximate surface area is 834 Å². The average Bonchev–Trinajstić information content (AvgIpc) is 1.21. The lowest BCUT2D eigenvalue weighted by atomic mass is 9.80. The summed E-state index contributed by atoms with van der Waals surface area (Å²) in [6.45, 7) is 5.32. The molecule has 0 radical (unpaired) electrons. The number of carbonyl (C=O) groups is 1. The molecule has 22 heterocycles. The van der Waals surface area contributed by atoms with E-state index in [0.717, 1.165) is 135 Å². The molecule has 1 aromatic carbocycles. The number of rotatable bonds is 26. The first kappa shape index (κ1) is 94.9. The Morgan fingerprint density at radius 1 is 0.405 bits per heavy atom. The fourth-order valence-corrected chi connectivity index (χ4v) is 16.5. The largest absolute Gasteiger partial charge is 0.495 e. The highest BCUT2D eigenvalue weighted by Gasteiger charge is 2.33. The third-order valence-corrected chi connectivity index (χ3v) is 24.3. The Balaban J connectivity index is 0.000000109. The highest BCUT2D eigenvalue weighted by Crippen LogP contribution is 2.42. The lowest BCUT2D eigenvalue weighted by molar-refractivity contribution is -0.000808. The average molecular weight is 1990 g/mol. The van der Waals surface area contributed by atoms with Gasteiger partial charge in [0.15, 0.2) is 57.4 Å². The number of carbonyl (C=O) groups excluding carboxylic acids is 1. The minimum Gasteiger partial charge on any atom is -0.495 e. The SMILES string of the molecule is COc1cnc2c(NCc3nnc4ccc(-c5cc(C)on5)nn34)ccnc2c1.COc1cnc2c(NCc3nnc4ccc(-c5cc(C6CC6)on5)nn34)ccnc2c1.COc1cnc2c(NCc3nnc4ccc(C(C)O)nn34)ccnc2c1.COc1cnc2c(NCc3nnc4ccc(C(N)=O)nn34)ccnc2c1.OC1(c2cnc3c(NCc4nnc5ccc(-c6cc(F)cc(F)c6)nn45)ccnc3c2)CCCCC1. The molecule has 25 rings (SSSR count). The van der Waals surface area contributed by atoms with Crippen molar-refractivity contribution in [3.63, 3.8) is 0 Å². The molecular weight excluding hydrogens is 1900 g/mol. The van der Waals surface area contributed by atoms with Crippen LogP contribution in [-0.4, -0.2) is 204 Å². The van der Waals surface area contributed by atoms with Gasteiger partial charge in [-0.15, -0.1) is 51.0 Å². The number of primary amides is 1. The van der Waals surface area contributed by atoms with Gasteiger partial charge in [-0.3, -0.25) is 34.7 Å². The molecule has 1 amide bonds. The second kappa shape index (κ2) is 41.7. The van der Waals surface area contributed by atoms with Crippen molar-refractivity contribution in [3.05, 3.63) is 283 Å². The maximum atomic E-state index is 13.7. The molecule has 23 aromatic rings. The maximum absolute atomic E-state index is 13.7. The monoisotopic (exact) mass is 1990 g/mol. The number of hydrogen-bond acceptors (Lipinski definition) is 41. The van der Waals surface area contributed by atoms with Crippen molar-refractivity contribution in [1.29, 1.82) is 0 Å². The third-order valence-electron chi connectivity index (χ3n) is 24.3. The Bertz CT molecular complexity index is 8830. The molecular formula is C99H88F2N38O9. The van der Waals surface area contributed by atoms with E-state index in [1.807, 2.05) is 97.9 Å². The molecule has 9 N–H and O–H groups in total. The number of fused-ring (bicyclic) bond motifs is 10. The number of amides is 1. The first-order chi connectivity index (χ1) is 72.3. The number of hydrogen-bond donors (Lipinski definition) is 8. The lowest BCUT2D eigenvalue weighted by Gasteiger charge is -2.32. The summed E-state index contributed by atoms with van der Waals surface area (Å²) in [4.78, 5) is 55.4. The van der Waals surface area contributed by atoms with Crippen molar-refractivity contribution in [2.45, 2.75) is 109 Å². The molecule has 1 atom stereocenters. The van der Waals surface area contributed by atoms with Crippen LogP contribution in [0.25, 0.3) is 117 Å². The van der Waals surface area contributed by atoms with Gasteiger partial charge in [0, 0.05) is 96.7 Å². The number of pyridine rings is 10. The predicted octanol–water partition coefficient (Wildman–Crippen LogP) is 13.2. The van der Waals surface area contributed by atoms with Crippen LogP contribution in [0, 0.1) is 18.6 Å². The summed E-state index contributed by atoms with van der Waals surface area (Å²) in [5.41, 5.74) is 23.6. The normalized spacial score (nSPS) is 12.9. The highest BCUT2D eigenvalue weighted by atomic mass is 19.1. The van der Waals surface area contributed by atoms with E-state index in [1.54, 1.807) is 152 Å². The van der Waals surface area contributed by atoms with Crippen molar-refractivity contribution in [3.8, 4) is 57.0 Å². The number of anilines is 5. The second-order valence-electron chi connectivity index (χ2n) is 34.2. The van der Waals surface area contributed by atoms with Crippen molar-refractivity contribution >= 4 is 118 Å². The number of aromatic nitrogens is 32. The zero-order valence-corrected chi connectivity index (χ0v) is 79.7. The summed E-state index contributed by atoms with van der Waals surface area (Å²) in [6, 6.07) is 43.0. The van der Waals surface area contributed by atoms with E-state index >= 15 is 0 Å². The lowest BCUT2D eigenvalue weighted by Crippen LogP contribution is -2.28. The first-order valence-electron chi connectivity index (χ1n) is 46.5.